The minimum Gasteiger partial charge on any atom is -0.458 e. The first-order chi connectivity index (χ1) is 15.9. The maximum atomic E-state index is 13.1. The zero-order chi connectivity index (χ0) is 23.5. The van der Waals surface area contributed by atoms with Gasteiger partial charge in [0.25, 0.3) is 0 Å². The molecule has 9 heteroatoms. The van der Waals surface area contributed by atoms with Crippen molar-refractivity contribution in [3.8, 4) is 0 Å². The number of carbonyl (C=O) groups excluding carboxylic acids is 2. The normalized spacial score (nSPS) is 20.9. The fraction of sp³-hybridized carbons (Fsp3) is 0.375. The molecule has 33 heavy (non-hydrogen) atoms. The van der Waals surface area contributed by atoms with Gasteiger partial charge >= 0.3 is 5.97 Å². The van der Waals surface area contributed by atoms with Gasteiger partial charge in [-0.05, 0) is 31.0 Å². The Kier molecular flexibility index (Phi) is 7.26. The Bertz CT molecular complexity index is 1060. The first kappa shape index (κ1) is 23.6. The van der Waals surface area contributed by atoms with Crippen molar-refractivity contribution >= 4 is 40.4 Å². The van der Waals surface area contributed by atoms with Gasteiger partial charge in [-0.2, -0.15) is 0 Å². The summed E-state index contributed by atoms with van der Waals surface area (Å²) in [5.41, 5.74) is 2.55. The number of ether oxygens (including phenoxy) is 1. The molecule has 0 bridgehead atoms. The van der Waals surface area contributed by atoms with E-state index in [1.54, 1.807) is 13.0 Å². The van der Waals surface area contributed by atoms with E-state index in [0.29, 0.717) is 29.4 Å². The molecule has 4 rings (SSSR count). The van der Waals surface area contributed by atoms with Crippen LogP contribution in [0.3, 0.4) is 0 Å². The van der Waals surface area contributed by atoms with E-state index in [0.717, 1.165) is 29.5 Å². The van der Waals surface area contributed by atoms with Crippen molar-refractivity contribution in [3.05, 3.63) is 69.9 Å². The van der Waals surface area contributed by atoms with E-state index in [4.69, 9.17) is 16.3 Å². The van der Waals surface area contributed by atoms with Crippen LogP contribution in [-0.2, 0) is 14.3 Å². The topological polar surface area (TPSA) is 65.5 Å². The van der Waals surface area contributed by atoms with Crippen molar-refractivity contribution in [2.45, 2.75) is 19.4 Å². The average Bonchev–Trinajstić information content (AvgIpc) is 3.19. The summed E-state index contributed by atoms with van der Waals surface area (Å²) < 4.78 is 5.40. The van der Waals surface area contributed by atoms with Gasteiger partial charge in [-0.25, -0.2) is 9.79 Å². The standard InChI is InChI=1S/C24H27ClN4O3S/c1-4-13-32-23(31)21-16(2)26-24-29(22(21)18-7-5-6-8-19(18)25)17(15-33-24)14-20(30)28-11-9-27(3)10-12-28/h4-8,15,22H,1,9-14H2,2-3H3/t22-/m1/s1. The van der Waals surface area contributed by atoms with Crippen LogP contribution in [0.1, 0.15) is 24.9 Å². The highest BCUT2D eigenvalue weighted by Gasteiger charge is 2.42. The number of hydrogen-bond donors (Lipinski definition) is 0. The largest absolute Gasteiger partial charge is 0.458 e. The van der Waals surface area contributed by atoms with Gasteiger partial charge in [0.2, 0.25) is 5.91 Å². The molecule has 7 nitrogen and oxygen atoms in total. The number of fused-ring (bicyclic) bond motifs is 1. The Hall–Kier alpha value is -2.55. The molecule has 0 aliphatic carbocycles. The summed E-state index contributed by atoms with van der Waals surface area (Å²) >= 11 is 8.05. The third-order valence-corrected chi connectivity index (χ3v) is 7.17. The number of amides is 1. The summed E-state index contributed by atoms with van der Waals surface area (Å²) in [4.78, 5) is 36.9. The SMILES string of the molecule is C=CCOC(=O)C1=C(C)N=C2SC=C(CC(=O)N3CCN(C)CC3)N2[C@@H]1c1ccccc1Cl. The van der Waals surface area contributed by atoms with Crippen LogP contribution in [0.15, 0.2) is 64.3 Å². The number of aliphatic imine (C=N–C) groups is 1. The fourth-order valence-corrected chi connectivity index (χ4v) is 5.36. The van der Waals surface area contributed by atoms with Gasteiger partial charge in [0.15, 0.2) is 5.17 Å². The number of thioether (sulfide) groups is 1. The average molecular weight is 487 g/mol. The van der Waals surface area contributed by atoms with E-state index >= 15 is 0 Å². The van der Waals surface area contributed by atoms with Crippen LogP contribution < -0.4 is 0 Å². The van der Waals surface area contributed by atoms with Crippen LogP contribution in [0.25, 0.3) is 0 Å². The minimum absolute atomic E-state index is 0.0659. The number of piperazine rings is 1. The number of hydrogen-bond acceptors (Lipinski definition) is 7. The third kappa shape index (κ3) is 4.88. The lowest BCUT2D eigenvalue weighted by Gasteiger charge is -2.37. The van der Waals surface area contributed by atoms with Gasteiger partial charge < -0.3 is 19.4 Å². The Labute approximate surface area is 203 Å². The second kappa shape index (κ2) is 10.2. The number of amidine groups is 1. The molecule has 1 atom stereocenters. The zero-order valence-electron chi connectivity index (χ0n) is 18.8. The molecule has 0 aromatic heterocycles. The van der Waals surface area contributed by atoms with Crippen molar-refractivity contribution < 1.29 is 14.3 Å². The van der Waals surface area contributed by atoms with Gasteiger partial charge in [0.05, 0.1) is 23.7 Å². The van der Waals surface area contributed by atoms with E-state index < -0.39 is 12.0 Å². The zero-order valence-corrected chi connectivity index (χ0v) is 20.4. The van der Waals surface area contributed by atoms with Crippen molar-refractivity contribution in [2.75, 3.05) is 39.8 Å². The number of benzene rings is 1. The van der Waals surface area contributed by atoms with Crippen molar-refractivity contribution in [2.24, 2.45) is 4.99 Å². The molecular formula is C24H27ClN4O3S. The molecule has 174 valence electrons. The molecule has 1 aromatic rings. The number of carbonyl (C=O) groups is 2. The van der Waals surface area contributed by atoms with E-state index in [2.05, 4.69) is 23.5 Å². The number of likely N-dealkylation sites (N-methyl/N-ethyl adjacent to an activating group) is 1. The molecule has 0 unspecified atom stereocenters. The molecule has 0 N–H and O–H groups in total. The lowest BCUT2D eigenvalue weighted by Crippen LogP contribution is -2.47. The molecule has 3 aliphatic heterocycles. The van der Waals surface area contributed by atoms with Gasteiger partial charge in [-0.1, -0.05) is 54.2 Å². The predicted molar refractivity (Wildman–Crippen MR) is 132 cm³/mol. The summed E-state index contributed by atoms with van der Waals surface area (Å²) in [5.74, 6) is -0.405. The monoisotopic (exact) mass is 486 g/mol. The molecule has 1 amide bonds. The van der Waals surface area contributed by atoms with Crippen LogP contribution in [-0.4, -0.2) is 71.6 Å². The first-order valence-corrected chi connectivity index (χ1v) is 12.1. The van der Waals surface area contributed by atoms with Crippen molar-refractivity contribution in [1.29, 1.82) is 0 Å². The maximum Gasteiger partial charge on any atom is 0.338 e. The Morgan fingerprint density at radius 1 is 1.27 bits per heavy atom. The van der Waals surface area contributed by atoms with E-state index in [9.17, 15) is 9.59 Å². The smallest absolute Gasteiger partial charge is 0.338 e. The highest BCUT2D eigenvalue weighted by Crippen LogP contribution is 2.46. The molecule has 0 saturated carbocycles. The molecule has 1 aromatic carbocycles. The van der Waals surface area contributed by atoms with Crippen molar-refractivity contribution in [1.82, 2.24) is 14.7 Å². The number of nitrogens with zero attached hydrogens (tertiary/aromatic N) is 4. The lowest BCUT2D eigenvalue weighted by molar-refractivity contribution is -0.138. The quantitative estimate of drug-likeness (QED) is 0.450. The molecule has 1 fully saturated rings. The summed E-state index contributed by atoms with van der Waals surface area (Å²) in [6, 6.07) is 6.89. The molecule has 1 saturated heterocycles. The summed E-state index contributed by atoms with van der Waals surface area (Å²) in [7, 11) is 2.06. The molecule has 0 radical (unpaired) electrons. The highest BCUT2D eigenvalue weighted by atomic mass is 35.5. The fourth-order valence-electron chi connectivity index (χ4n) is 4.16. The minimum atomic E-state index is -0.537. The molecule has 3 aliphatic rings. The maximum absolute atomic E-state index is 13.1. The molecule has 0 spiro atoms. The molecule has 3 heterocycles. The summed E-state index contributed by atoms with van der Waals surface area (Å²) in [5, 5.41) is 3.20. The Balaban J connectivity index is 1.67. The first-order valence-electron chi connectivity index (χ1n) is 10.8. The predicted octanol–water partition coefficient (Wildman–Crippen LogP) is 3.81. The summed E-state index contributed by atoms with van der Waals surface area (Å²) in [6.45, 7) is 8.66. The van der Waals surface area contributed by atoms with Crippen LogP contribution >= 0.6 is 23.4 Å². The van der Waals surface area contributed by atoms with E-state index in [-0.39, 0.29) is 18.9 Å². The van der Waals surface area contributed by atoms with E-state index in [1.165, 1.54) is 17.8 Å². The highest BCUT2D eigenvalue weighted by molar-refractivity contribution is 8.16. The second-order valence-electron chi connectivity index (χ2n) is 8.16. The number of halogens is 1. The summed E-state index contributed by atoms with van der Waals surface area (Å²) in [6.07, 6.45) is 1.76. The van der Waals surface area contributed by atoms with Crippen LogP contribution in [0.2, 0.25) is 5.02 Å². The lowest BCUT2D eigenvalue weighted by atomic mass is 9.93. The van der Waals surface area contributed by atoms with Gasteiger partial charge in [0.1, 0.15) is 6.61 Å². The Morgan fingerprint density at radius 2 is 2.00 bits per heavy atom. The second-order valence-corrected chi connectivity index (χ2v) is 9.41. The van der Waals surface area contributed by atoms with Crippen LogP contribution in [0.5, 0.6) is 0 Å². The van der Waals surface area contributed by atoms with Crippen molar-refractivity contribution in [3.63, 3.8) is 0 Å². The van der Waals surface area contributed by atoms with E-state index in [1.807, 2.05) is 33.4 Å². The number of allylic oxidation sites excluding steroid dienone is 1. The van der Waals surface area contributed by atoms with Crippen LogP contribution in [0, 0.1) is 0 Å². The third-order valence-electron chi connectivity index (χ3n) is 5.94. The number of rotatable bonds is 6. The van der Waals surface area contributed by atoms with Crippen LogP contribution in [0.4, 0.5) is 0 Å². The van der Waals surface area contributed by atoms with Gasteiger partial charge in [-0.3, -0.25) is 4.79 Å². The Morgan fingerprint density at radius 3 is 2.70 bits per heavy atom. The van der Waals surface area contributed by atoms with Gasteiger partial charge in [-0.15, -0.1) is 0 Å². The van der Waals surface area contributed by atoms with Gasteiger partial charge in [0, 0.05) is 36.9 Å². The number of esters is 1. The molecular weight excluding hydrogens is 460 g/mol.